The van der Waals surface area contributed by atoms with Crippen LogP contribution >= 0.6 is 23.4 Å². The summed E-state index contributed by atoms with van der Waals surface area (Å²) in [4.78, 5) is 10.4. The lowest BCUT2D eigenvalue weighted by Gasteiger charge is -2.06. The summed E-state index contributed by atoms with van der Waals surface area (Å²) >= 11 is 7.07. The molecule has 0 heterocycles. The number of hydrogen-bond acceptors (Lipinski definition) is 3. The second kappa shape index (κ2) is 6.83. The number of carboxylic acids is 1. The quantitative estimate of drug-likeness (QED) is 0.784. The molecule has 3 nitrogen and oxygen atoms in total. The zero-order valence-electron chi connectivity index (χ0n) is 9.03. The number of aliphatic carboxylic acids is 1. The molecule has 0 spiro atoms. The average Bonchev–Trinajstić information content (AvgIpc) is 2.26. The minimum absolute atomic E-state index is 0.340. The van der Waals surface area contributed by atoms with E-state index in [2.05, 4.69) is 0 Å². The van der Waals surface area contributed by atoms with Crippen molar-refractivity contribution in [1.82, 2.24) is 0 Å². The fraction of sp³-hybridized carbons (Fsp3) is 0.364. The molecule has 0 bridgehead atoms. The molecule has 0 saturated carbocycles. The van der Waals surface area contributed by atoms with Gasteiger partial charge in [-0.15, -0.1) is 0 Å². The van der Waals surface area contributed by atoms with Crippen LogP contribution in [0.3, 0.4) is 0 Å². The molecule has 1 aromatic rings. The molecular formula is C11H13ClFNO2S. The van der Waals surface area contributed by atoms with Crippen LogP contribution < -0.4 is 5.73 Å². The number of hydrogen-bond donors (Lipinski definition) is 2. The maximum Gasteiger partial charge on any atom is 0.320 e. The van der Waals surface area contributed by atoms with Crippen LogP contribution in [0, 0.1) is 5.82 Å². The van der Waals surface area contributed by atoms with Crippen LogP contribution in [0.5, 0.6) is 0 Å². The predicted molar refractivity (Wildman–Crippen MR) is 67.8 cm³/mol. The van der Waals surface area contributed by atoms with E-state index < -0.39 is 12.0 Å². The van der Waals surface area contributed by atoms with Gasteiger partial charge in [-0.05, 0) is 29.9 Å². The monoisotopic (exact) mass is 277 g/mol. The number of nitrogens with two attached hydrogens (primary N) is 1. The third-order valence-corrected chi connectivity index (χ3v) is 3.44. The van der Waals surface area contributed by atoms with Gasteiger partial charge in [0.15, 0.2) is 0 Å². The molecule has 0 fully saturated rings. The van der Waals surface area contributed by atoms with Crippen molar-refractivity contribution >= 4 is 29.3 Å². The van der Waals surface area contributed by atoms with Crippen molar-refractivity contribution in [1.29, 1.82) is 0 Å². The van der Waals surface area contributed by atoms with Gasteiger partial charge in [0.2, 0.25) is 0 Å². The van der Waals surface area contributed by atoms with Crippen molar-refractivity contribution in [3.8, 4) is 0 Å². The lowest BCUT2D eigenvalue weighted by Crippen LogP contribution is -2.30. The minimum Gasteiger partial charge on any atom is -0.480 e. The highest BCUT2D eigenvalue weighted by Gasteiger charge is 2.10. The van der Waals surface area contributed by atoms with Gasteiger partial charge in [0.1, 0.15) is 11.9 Å². The van der Waals surface area contributed by atoms with E-state index in [9.17, 15) is 9.18 Å². The Labute approximate surface area is 108 Å². The lowest BCUT2D eigenvalue weighted by molar-refractivity contribution is -0.138. The van der Waals surface area contributed by atoms with Crippen molar-refractivity contribution in [3.63, 3.8) is 0 Å². The van der Waals surface area contributed by atoms with Gasteiger partial charge in [-0.1, -0.05) is 17.7 Å². The molecule has 0 amide bonds. The van der Waals surface area contributed by atoms with Crippen molar-refractivity contribution in [3.05, 3.63) is 34.6 Å². The van der Waals surface area contributed by atoms with E-state index in [0.29, 0.717) is 28.5 Å². The van der Waals surface area contributed by atoms with Crippen LogP contribution in [-0.4, -0.2) is 22.9 Å². The normalized spacial score (nSPS) is 12.4. The third-order valence-electron chi connectivity index (χ3n) is 2.16. The molecule has 1 unspecified atom stereocenters. The van der Waals surface area contributed by atoms with E-state index in [1.807, 2.05) is 0 Å². The lowest BCUT2D eigenvalue weighted by atomic mass is 10.2. The highest BCUT2D eigenvalue weighted by Crippen LogP contribution is 2.20. The largest absolute Gasteiger partial charge is 0.480 e. The summed E-state index contributed by atoms with van der Waals surface area (Å²) in [5, 5.41) is 8.93. The number of halogens is 2. The Balaban J connectivity index is 2.34. The van der Waals surface area contributed by atoms with Gasteiger partial charge >= 0.3 is 5.97 Å². The predicted octanol–water partition coefficient (Wildman–Crippen LogP) is 2.51. The Bertz CT molecular complexity index is 403. The molecule has 0 saturated heterocycles. The molecule has 1 aromatic carbocycles. The topological polar surface area (TPSA) is 63.3 Å². The smallest absolute Gasteiger partial charge is 0.320 e. The summed E-state index contributed by atoms with van der Waals surface area (Å²) in [6.07, 6.45) is 0.370. The van der Waals surface area contributed by atoms with E-state index in [1.165, 1.54) is 17.8 Å². The summed E-state index contributed by atoms with van der Waals surface area (Å²) in [5.74, 6) is -0.291. The second-order valence-electron chi connectivity index (χ2n) is 3.52. The number of rotatable bonds is 6. The SMILES string of the molecule is NC(CCSCc1ccc(Cl)cc1F)C(=O)O. The van der Waals surface area contributed by atoms with Crippen LogP contribution in [-0.2, 0) is 10.5 Å². The van der Waals surface area contributed by atoms with E-state index in [0.717, 1.165) is 0 Å². The zero-order valence-corrected chi connectivity index (χ0v) is 10.6. The van der Waals surface area contributed by atoms with Crippen LogP contribution in [0.25, 0.3) is 0 Å². The van der Waals surface area contributed by atoms with Crippen molar-refractivity contribution < 1.29 is 14.3 Å². The Morgan fingerprint density at radius 1 is 1.59 bits per heavy atom. The van der Waals surface area contributed by atoms with Crippen LogP contribution in [0.2, 0.25) is 5.02 Å². The highest BCUT2D eigenvalue weighted by atomic mass is 35.5. The second-order valence-corrected chi connectivity index (χ2v) is 5.06. The molecular weight excluding hydrogens is 265 g/mol. The molecule has 0 aliphatic rings. The molecule has 1 atom stereocenters. The first-order chi connectivity index (χ1) is 8.00. The molecule has 1 rings (SSSR count). The van der Waals surface area contributed by atoms with Gasteiger partial charge in [0, 0.05) is 10.8 Å². The molecule has 0 radical (unpaired) electrons. The molecule has 0 aliphatic heterocycles. The maximum atomic E-state index is 13.3. The van der Waals surface area contributed by atoms with Gasteiger partial charge in [-0.25, -0.2) is 4.39 Å². The molecule has 0 aliphatic carbocycles. The number of benzene rings is 1. The van der Waals surface area contributed by atoms with Gasteiger partial charge in [0.25, 0.3) is 0 Å². The standard InChI is InChI=1S/C11H13ClFNO2S/c12-8-2-1-7(9(13)5-8)6-17-4-3-10(14)11(15)16/h1-2,5,10H,3-4,6,14H2,(H,15,16). The first kappa shape index (κ1) is 14.3. The number of carbonyl (C=O) groups is 1. The van der Waals surface area contributed by atoms with E-state index in [-0.39, 0.29) is 5.82 Å². The molecule has 17 heavy (non-hydrogen) atoms. The first-order valence-corrected chi connectivity index (χ1v) is 6.54. The fourth-order valence-corrected chi connectivity index (χ4v) is 2.33. The van der Waals surface area contributed by atoms with E-state index >= 15 is 0 Å². The van der Waals surface area contributed by atoms with Crippen molar-refractivity contribution in [2.24, 2.45) is 5.73 Å². The average molecular weight is 278 g/mol. The minimum atomic E-state index is -1.01. The Morgan fingerprint density at radius 2 is 2.29 bits per heavy atom. The van der Waals surface area contributed by atoms with Crippen LogP contribution in [0.15, 0.2) is 18.2 Å². The highest BCUT2D eigenvalue weighted by molar-refractivity contribution is 7.98. The fourth-order valence-electron chi connectivity index (χ4n) is 1.15. The molecule has 94 valence electrons. The van der Waals surface area contributed by atoms with Gasteiger partial charge in [-0.2, -0.15) is 11.8 Å². The summed E-state index contributed by atoms with van der Waals surface area (Å²) in [7, 11) is 0. The number of carboxylic acid groups (broad SMARTS) is 1. The summed E-state index contributed by atoms with van der Waals surface area (Å²) < 4.78 is 13.3. The van der Waals surface area contributed by atoms with Crippen molar-refractivity contribution in [2.75, 3.05) is 5.75 Å². The van der Waals surface area contributed by atoms with E-state index in [4.69, 9.17) is 22.4 Å². The van der Waals surface area contributed by atoms with Gasteiger partial charge in [-0.3, -0.25) is 4.79 Å². The van der Waals surface area contributed by atoms with Crippen LogP contribution in [0.1, 0.15) is 12.0 Å². The molecule has 0 aromatic heterocycles. The van der Waals surface area contributed by atoms with Gasteiger partial charge in [0.05, 0.1) is 0 Å². The summed E-state index contributed by atoms with van der Waals surface area (Å²) in [6, 6.07) is 3.67. The summed E-state index contributed by atoms with van der Waals surface area (Å²) in [5.41, 5.74) is 5.90. The third kappa shape index (κ3) is 4.93. The summed E-state index contributed by atoms with van der Waals surface area (Å²) in [6.45, 7) is 0. The number of thioether (sulfide) groups is 1. The Kier molecular flexibility index (Phi) is 5.74. The van der Waals surface area contributed by atoms with Gasteiger partial charge < -0.3 is 10.8 Å². The van der Waals surface area contributed by atoms with Crippen molar-refractivity contribution in [2.45, 2.75) is 18.2 Å². The Hall–Kier alpha value is -0.780. The maximum absolute atomic E-state index is 13.3. The molecule has 6 heteroatoms. The van der Waals surface area contributed by atoms with E-state index in [1.54, 1.807) is 12.1 Å². The zero-order chi connectivity index (χ0) is 12.8. The Morgan fingerprint density at radius 3 is 2.88 bits per heavy atom. The first-order valence-electron chi connectivity index (χ1n) is 5.00. The van der Waals surface area contributed by atoms with Crippen LogP contribution in [0.4, 0.5) is 4.39 Å². The molecule has 3 N–H and O–H groups in total.